The first-order valence-electron chi connectivity index (χ1n) is 25.3. The molecule has 0 aliphatic heterocycles. The molecule has 1 N–H and O–H groups in total. The third kappa shape index (κ3) is 7.30. The summed E-state index contributed by atoms with van der Waals surface area (Å²) in [6, 6.07) is 38.4. The normalized spacial score (nSPS) is 14.7. The number of phenolic OH excluding ortho intramolecular Hbond substituents is 1. The van der Waals surface area contributed by atoms with Crippen LogP contribution in [0.15, 0.2) is 176 Å². The molecular formula is C56H49N3O. The maximum absolute atomic E-state index is 11.6. The highest BCUT2D eigenvalue weighted by Gasteiger charge is 2.25. The lowest BCUT2D eigenvalue weighted by Crippen LogP contribution is -2.11. The van der Waals surface area contributed by atoms with Crippen LogP contribution in [0.25, 0.3) is 83.9 Å². The second kappa shape index (κ2) is 15.6. The average molecular weight is 791 g/mol. The fraction of sp³-hybridized carbons (Fsp3) is 0.143. The minimum absolute atomic E-state index is 0.0137. The van der Waals surface area contributed by atoms with Gasteiger partial charge in [0.1, 0.15) is 11.6 Å². The van der Waals surface area contributed by atoms with Crippen LogP contribution in [0.2, 0.25) is 0 Å². The number of aromatic nitrogens is 3. The molecule has 4 heteroatoms. The number of hydrogen-bond acceptors (Lipinski definition) is 3. The summed E-state index contributed by atoms with van der Waals surface area (Å²) in [4.78, 5) is 9.84. The van der Waals surface area contributed by atoms with Gasteiger partial charge in [-0.3, -0.25) is 9.55 Å². The average Bonchev–Trinajstić information content (AvgIpc) is 3.71. The van der Waals surface area contributed by atoms with Crippen LogP contribution in [0.1, 0.15) is 72.3 Å². The van der Waals surface area contributed by atoms with Crippen molar-refractivity contribution in [1.82, 2.24) is 14.5 Å². The number of hydrogen-bond donors (Lipinski definition) is 1. The number of nitrogens with zero attached hydrogens (tertiary/aromatic N) is 3. The maximum Gasteiger partial charge on any atom is 0.149 e. The van der Waals surface area contributed by atoms with Crippen LogP contribution in [0.5, 0.6) is 5.75 Å². The van der Waals surface area contributed by atoms with E-state index in [-0.39, 0.29) is 17.0 Å². The molecule has 0 saturated carbocycles. The number of rotatable bonds is 8. The zero-order chi connectivity index (χ0) is 51.1. The van der Waals surface area contributed by atoms with Crippen LogP contribution >= 0.6 is 0 Å². The Kier molecular flexibility index (Phi) is 7.19. The van der Waals surface area contributed by atoms with Crippen LogP contribution < -0.4 is 0 Å². The summed E-state index contributed by atoms with van der Waals surface area (Å²) in [6.07, 6.45) is -0.581. The number of para-hydroxylation sites is 2. The lowest BCUT2D eigenvalue weighted by Gasteiger charge is -2.22. The number of benzene rings is 7. The van der Waals surface area contributed by atoms with Gasteiger partial charge in [-0.2, -0.15) is 0 Å². The first-order valence-corrected chi connectivity index (χ1v) is 19.8. The molecule has 9 rings (SSSR count). The maximum atomic E-state index is 11.6. The molecule has 4 nitrogen and oxygen atoms in total. The number of aromatic hydroxyl groups is 1. The predicted molar refractivity (Wildman–Crippen MR) is 251 cm³/mol. The van der Waals surface area contributed by atoms with Gasteiger partial charge in [-0.15, -0.1) is 0 Å². The van der Waals surface area contributed by atoms with Crippen molar-refractivity contribution in [3.63, 3.8) is 0 Å². The van der Waals surface area contributed by atoms with E-state index < -0.39 is 71.7 Å². The molecule has 0 unspecified atom stereocenters. The summed E-state index contributed by atoms with van der Waals surface area (Å²) >= 11 is 0. The Morgan fingerprint density at radius 2 is 1.30 bits per heavy atom. The van der Waals surface area contributed by atoms with Gasteiger partial charge in [-0.25, -0.2) is 4.98 Å². The zero-order valence-electron chi connectivity index (χ0n) is 45.0. The summed E-state index contributed by atoms with van der Waals surface area (Å²) < 4.78 is 97.4. The third-order valence-electron chi connectivity index (χ3n) is 10.8. The van der Waals surface area contributed by atoms with E-state index in [1.54, 1.807) is 18.2 Å². The molecule has 0 atom stereocenters. The van der Waals surface area contributed by atoms with Crippen LogP contribution in [-0.2, 0) is 5.41 Å². The largest absolute Gasteiger partial charge is 0.507 e. The van der Waals surface area contributed by atoms with Gasteiger partial charge in [-0.1, -0.05) is 155 Å². The van der Waals surface area contributed by atoms with Crippen molar-refractivity contribution >= 4 is 11.0 Å². The highest BCUT2D eigenvalue weighted by atomic mass is 16.3. The van der Waals surface area contributed by atoms with Gasteiger partial charge in [0.25, 0.3) is 0 Å². The van der Waals surface area contributed by atoms with Crippen LogP contribution in [0.4, 0.5) is 0 Å². The Bertz CT molecular complexity index is 3550. The van der Waals surface area contributed by atoms with E-state index in [1.807, 2.05) is 142 Å². The minimum atomic E-state index is -2.97. The molecule has 0 spiro atoms. The van der Waals surface area contributed by atoms with Gasteiger partial charge in [0, 0.05) is 28.3 Å². The summed E-state index contributed by atoms with van der Waals surface area (Å²) in [5, 5.41) is 11.6. The molecule has 0 bridgehead atoms. The Balaban J connectivity index is 1.35. The third-order valence-corrected chi connectivity index (χ3v) is 10.8. The van der Waals surface area contributed by atoms with Gasteiger partial charge in [-0.05, 0) is 117 Å². The Morgan fingerprint density at radius 3 is 1.98 bits per heavy atom. The molecule has 7 aromatic carbocycles. The lowest BCUT2D eigenvalue weighted by atomic mass is 9.83. The quantitative estimate of drug-likeness (QED) is 0.167. The van der Waals surface area contributed by atoms with Gasteiger partial charge in [0.15, 0.2) is 0 Å². The molecule has 0 amide bonds. The minimum Gasteiger partial charge on any atom is -0.507 e. The summed E-state index contributed by atoms with van der Waals surface area (Å²) in [7, 11) is 0. The van der Waals surface area contributed by atoms with E-state index in [2.05, 4.69) is 17.1 Å². The molecule has 0 radical (unpaired) electrons. The van der Waals surface area contributed by atoms with Gasteiger partial charge < -0.3 is 5.11 Å². The first kappa shape index (κ1) is 27.6. The van der Waals surface area contributed by atoms with Gasteiger partial charge >= 0.3 is 0 Å². The standard InChI is InChI=1S/C56H49N3O/c1-36(2)47-34-49(40-18-11-8-12-19-40)52(35-48(47)39-16-9-7-10-17-39)59-51-22-15-21-45(54(51)58-55(59)46-20-13-14-23-53(46)60)42-30-43(32-44(31-42)56(4,5)6)50-33-41(28-29-57-50)38-26-24-37(3)25-27-38/h7-36,60H,1-6H3/i3D3,24D,25D,26D,27D,28D,29D,33D,36D. The summed E-state index contributed by atoms with van der Waals surface area (Å²) in [6.45, 7) is 6.86. The SMILES string of the molecule is [2H]c1nc(-c2cc(-c3cccc4c3nc(-c3ccccc3O)n4-c3cc(-c4ccccc4)c(C([2H])(C)C)cc3-c3ccccc3)cc(C(C)(C)C)c2)c([2H])c(-c2c([2H])c([2H])c(C([2H])([2H])[2H])c([2H])c2[2H])c1[2H]. The summed E-state index contributed by atoms with van der Waals surface area (Å²) in [5.41, 5.74) is 7.14. The van der Waals surface area contributed by atoms with Crippen molar-refractivity contribution in [2.75, 3.05) is 0 Å². The van der Waals surface area contributed by atoms with Gasteiger partial charge in [0.05, 0.1) is 37.6 Å². The molecule has 0 aliphatic carbocycles. The zero-order valence-corrected chi connectivity index (χ0v) is 34.0. The molecule has 2 aromatic heterocycles. The number of pyridine rings is 1. The van der Waals surface area contributed by atoms with E-state index >= 15 is 0 Å². The van der Waals surface area contributed by atoms with E-state index in [0.29, 0.717) is 39.1 Å². The number of imidazole rings is 1. The fourth-order valence-corrected chi connectivity index (χ4v) is 7.68. The lowest BCUT2D eigenvalue weighted by molar-refractivity contribution is 0.477. The van der Waals surface area contributed by atoms with Crippen molar-refractivity contribution in [3.8, 4) is 78.6 Å². The monoisotopic (exact) mass is 790 g/mol. The molecule has 60 heavy (non-hydrogen) atoms. The predicted octanol–water partition coefficient (Wildman–Crippen LogP) is 14.9. The second-order valence-electron chi connectivity index (χ2n) is 16.1. The van der Waals surface area contributed by atoms with Gasteiger partial charge in [0.2, 0.25) is 0 Å². The van der Waals surface area contributed by atoms with Crippen LogP contribution in [0, 0.1) is 6.85 Å². The molecule has 0 saturated heterocycles. The van der Waals surface area contributed by atoms with Crippen molar-refractivity contribution in [1.29, 1.82) is 0 Å². The van der Waals surface area contributed by atoms with E-state index in [4.69, 9.17) is 17.3 Å². The smallest absolute Gasteiger partial charge is 0.149 e. The molecule has 294 valence electrons. The molecule has 2 heterocycles. The second-order valence-corrected chi connectivity index (χ2v) is 16.1. The molecular weight excluding hydrogens is 731 g/mol. The van der Waals surface area contributed by atoms with Crippen molar-refractivity contribution < 1.29 is 20.2 Å². The number of phenols is 1. The Labute approximate surface area is 369 Å². The van der Waals surface area contributed by atoms with Crippen LogP contribution in [-0.4, -0.2) is 19.6 Å². The van der Waals surface area contributed by atoms with Crippen molar-refractivity contribution in [2.45, 2.75) is 52.8 Å². The highest BCUT2D eigenvalue weighted by molar-refractivity contribution is 5.98. The topological polar surface area (TPSA) is 50.9 Å². The Hall–Kier alpha value is -7.04. The number of fused-ring (bicyclic) bond motifs is 1. The van der Waals surface area contributed by atoms with Crippen molar-refractivity contribution in [3.05, 3.63) is 193 Å². The highest BCUT2D eigenvalue weighted by Crippen LogP contribution is 2.44. The van der Waals surface area contributed by atoms with Crippen LogP contribution in [0.3, 0.4) is 0 Å². The van der Waals surface area contributed by atoms with E-state index in [9.17, 15) is 7.85 Å². The first-order chi connectivity index (χ1) is 33.5. The molecule has 0 fully saturated rings. The summed E-state index contributed by atoms with van der Waals surface area (Å²) in [5.74, 6) is -0.545. The van der Waals surface area contributed by atoms with Crippen molar-refractivity contribution in [2.24, 2.45) is 0 Å². The van der Waals surface area contributed by atoms with E-state index in [0.717, 1.165) is 39.1 Å². The molecule has 0 aliphatic rings. The fourth-order valence-electron chi connectivity index (χ4n) is 7.68. The Morgan fingerprint density at radius 1 is 0.633 bits per heavy atom. The molecule has 9 aromatic rings. The van der Waals surface area contributed by atoms with E-state index in [1.165, 1.54) is 0 Å².